The Labute approximate surface area is 150 Å². The summed E-state index contributed by atoms with van der Waals surface area (Å²) in [5, 5.41) is 8.36. The molecule has 0 radical (unpaired) electrons. The summed E-state index contributed by atoms with van der Waals surface area (Å²) >= 11 is 6.15. The van der Waals surface area contributed by atoms with Crippen LogP contribution in [0.15, 0.2) is 52.4 Å². The largest absolute Gasteiger partial charge is 0.497 e. The number of aromatic nitrogens is 3. The molecule has 3 aromatic rings. The summed E-state index contributed by atoms with van der Waals surface area (Å²) < 4.78 is 32.2. The first-order chi connectivity index (χ1) is 11.8. The van der Waals surface area contributed by atoms with Crippen molar-refractivity contribution in [1.29, 1.82) is 0 Å². The molecule has 0 saturated heterocycles. The third kappa shape index (κ3) is 3.12. The number of hydrogen-bond acceptors (Lipinski definition) is 5. The van der Waals surface area contributed by atoms with Gasteiger partial charge in [-0.15, -0.1) is 5.10 Å². The van der Waals surface area contributed by atoms with E-state index in [0.717, 1.165) is 5.56 Å². The van der Waals surface area contributed by atoms with Crippen LogP contribution >= 0.6 is 11.6 Å². The van der Waals surface area contributed by atoms with Crippen LogP contribution in [0.1, 0.15) is 11.3 Å². The van der Waals surface area contributed by atoms with Gasteiger partial charge in [0.2, 0.25) is 14.9 Å². The first kappa shape index (κ1) is 17.4. The molecular weight excluding hydrogens is 362 g/mol. The van der Waals surface area contributed by atoms with E-state index in [-0.39, 0.29) is 9.92 Å². The Morgan fingerprint density at radius 1 is 1.08 bits per heavy atom. The summed E-state index contributed by atoms with van der Waals surface area (Å²) in [4.78, 5) is 0.130. The summed E-state index contributed by atoms with van der Waals surface area (Å²) in [6.07, 6.45) is 0. The van der Waals surface area contributed by atoms with Crippen LogP contribution in [-0.4, -0.2) is 30.5 Å². The number of sulfone groups is 1. The average Bonchev–Trinajstić information content (AvgIpc) is 2.99. The molecule has 0 N–H and O–H groups in total. The predicted octanol–water partition coefficient (Wildman–Crippen LogP) is 3.38. The van der Waals surface area contributed by atoms with Crippen molar-refractivity contribution in [2.45, 2.75) is 23.8 Å². The maximum Gasteiger partial charge on any atom is 0.227 e. The van der Waals surface area contributed by atoms with Gasteiger partial charge in [-0.1, -0.05) is 22.9 Å². The van der Waals surface area contributed by atoms with Crippen molar-refractivity contribution in [3.63, 3.8) is 0 Å². The van der Waals surface area contributed by atoms with Crippen LogP contribution in [0.5, 0.6) is 5.75 Å². The Kier molecular flexibility index (Phi) is 4.53. The molecule has 0 aliphatic rings. The van der Waals surface area contributed by atoms with Gasteiger partial charge in [-0.2, -0.15) is 0 Å². The number of rotatable bonds is 4. The number of ether oxygens (including phenoxy) is 1. The van der Waals surface area contributed by atoms with Gasteiger partial charge in [-0.3, -0.25) is 0 Å². The molecule has 0 aliphatic heterocycles. The fourth-order valence-electron chi connectivity index (χ4n) is 2.39. The van der Waals surface area contributed by atoms with E-state index in [4.69, 9.17) is 16.3 Å². The second kappa shape index (κ2) is 6.50. The number of halogens is 1. The fraction of sp³-hybridized carbons (Fsp3) is 0.176. The van der Waals surface area contributed by atoms with Gasteiger partial charge in [-0.25, -0.2) is 13.1 Å². The van der Waals surface area contributed by atoms with Gasteiger partial charge in [0, 0.05) is 5.02 Å². The van der Waals surface area contributed by atoms with Crippen LogP contribution < -0.4 is 4.74 Å². The molecule has 0 spiro atoms. The standard InChI is InChI=1S/C17H16ClN3O3S/c1-11-4-5-13(10-16(11)18)21-12(2)17(19-20-21)25(22,23)15-8-6-14(24-3)7-9-15/h4-10H,1-3H3. The molecule has 0 bridgehead atoms. The maximum atomic E-state index is 12.8. The van der Waals surface area contributed by atoms with Crippen molar-refractivity contribution in [2.75, 3.05) is 7.11 Å². The summed E-state index contributed by atoms with van der Waals surface area (Å²) in [5.74, 6) is 0.577. The van der Waals surface area contributed by atoms with Gasteiger partial charge in [-0.05, 0) is 55.8 Å². The second-order valence-electron chi connectivity index (χ2n) is 5.50. The molecule has 2 aromatic carbocycles. The van der Waals surface area contributed by atoms with Crippen LogP contribution in [0.3, 0.4) is 0 Å². The highest BCUT2D eigenvalue weighted by Crippen LogP contribution is 2.26. The summed E-state index contributed by atoms with van der Waals surface area (Å²) in [6.45, 7) is 3.55. The fourth-order valence-corrected chi connectivity index (χ4v) is 3.90. The summed E-state index contributed by atoms with van der Waals surface area (Å²) in [7, 11) is -2.26. The molecule has 0 fully saturated rings. The average molecular weight is 378 g/mol. The molecule has 0 aliphatic carbocycles. The number of methoxy groups -OCH3 is 1. The first-order valence-electron chi connectivity index (χ1n) is 7.42. The third-order valence-electron chi connectivity index (χ3n) is 3.88. The molecule has 0 atom stereocenters. The Balaban J connectivity index is 2.06. The van der Waals surface area contributed by atoms with Gasteiger partial charge in [0.05, 0.1) is 23.4 Å². The Morgan fingerprint density at radius 2 is 1.76 bits per heavy atom. The van der Waals surface area contributed by atoms with Gasteiger partial charge in [0.1, 0.15) is 5.75 Å². The quantitative estimate of drug-likeness (QED) is 0.696. The number of nitrogens with zero attached hydrogens (tertiary/aromatic N) is 3. The SMILES string of the molecule is COc1ccc(S(=O)(=O)c2nnn(-c3ccc(C)c(Cl)c3)c2C)cc1. The van der Waals surface area contributed by atoms with E-state index in [2.05, 4.69) is 10.3 Å². The molecule has 0 saturated carbocycles. The van der Waals surface area contributed by atoms with Gasteiger partial charge in [0.15, 0.2) is 0 Å². The van der Waals surface area contributed by atoms with Gasteiger partial charge >= 0.3 is 0 Å². The van der Waals surface area contributed by atoms with Crippen molar-refractivity contribution in [1.82, 2.24) is 15.0 Å². The van der Waals surface area contributed by atoms with E-state index in [9.17, 15) is 8.42 Å². The molecule has 25 heavy (non-hydrogen) atoms. The Hall–Kier alpha value is -2.38. The molecule has 0 amide bonds. The molecule has 8 heteroatoms. The van der Waals surface area contributed by atoms with Crippen LogP contribution in [0.2, 0.25) is 5.02 Å². The van der Waals surface area contributed by atoms with E-state index in [1.54, 1.807) is 25.1 Å². The van der Waals surface area contributed by atoms with Crippen LogP contribution in [0.25, 0.3) is 5.69 Å². The number of aryl methyl sites for hydroxylation is 1. The normalized spacial score (nSPS) is 11.5. The van der Waals surface area contributed by atoms with Gasteiger partial charge < -0.3 is 4.74 Å². The lowest BCUT2D eigenvalue weighted by Gasteiger charge is -2.07. The smallest absolute Gasteiger partial charge is 0.227 e. The Bertz CT molecular complexity index is 1030. The predicted molar refractivity (Wildman–Crippen MR) is 94.3 cm³/mol. The van der Waals surface area contributed by atoms with E-state index in [1.165, 1.54) is 23.9 Å². The van der Waals surface area contributed by atoms with Gasteiger partial charge in [0.25, 0.3) is 0 Å². The van der Waals surface area contributed by atoms with E-state index in [0.29, 0.717) is 22.2 Å². The maximum absolute atomic E-state index is 12.8. The van der Waals surface area contributed by atoms with Crippen molar-refractivity contribution >= 4 is 21.4 Å². The molecular formula is C17H16ClN3O3S. The van der Waals surface area contributed by atoms with E-state index in [1.807, 2.05) is 19.1 Å². The van der Waals surface area contributed by atoms with Crippen LogP contribution in [0, 0.1) is 13.8 Å². The third-order valence-corrected chi connectivity index (χ3v) is 6.06. The first-order valence-corrected chi connectivity index (χ1v) is 9.28. The lowest BCUT2D eigenvalue weighted by atomic mass is 10.2. The van der Waals surface area contributed by atoms with Crippen molar-refractivity contribution in [3.8, 4) is 11.4 Å². The monoisotopic (exact) mass is 377 g/mol. The molecule has 1 aromatic heterocycles. The molecule has 0 unspecified atom stereocenters. The zero-order chi connectivity index (χ0) is 18.2. The minimum atomic E-state index is -3.78. The van der Waals surface area contributed by atoms with Crippen molar-refractivity contribution in [2.24, 2.45) is 0 Å². The molecule has 1 heterocycles. The van der Waals surface area contributed by atoms with Crippen molar-refractivity contribution in [3.05, 3.63) is 58.7 Å². The van der Waals surface area contributed by atoms with Crippen LogP contribution in [0.4, 0.5) is 0 Å². The summed E-state index contributed by atoms with van der Waals surface area (Å²) in [5.41, 5.74) is 1.99. The second-order valence-corrected chi connectivity index (χ2v) is 7.78. The Morgan fingerprint density at radius 3 is 2.36 bits per heavy atom. The number of benzene rings is 2. The zero-order valence-corrected chi connectivity index (χ0v) is 15.5. The zero-order valence-electron chi connectivity index (χ0n) is 13.9. The van der Waals surface area contributed by atoms with Crippen LogP contribution in [-0.2, 0) is 9.84 Å². The number of hydrogen-bond donors (Lipinski definition) is 0. The van der Waals surface area contributed by atoms with E-state index >= 15 is 0 Å². The minimum Gasteiger partial charge on any atom is -0.497 e. The molecule has 130 valence electrons. The topological polar surface area (TPSA) is 74.1 Å². The molecule has 6 nitrogen and oxygen atoms in total. The lowest BCUT2D eigenvalue weighted by molar-refractivity contribution is 0.414. The summed E-state index contributed by atoms with van der Waals surface area (Å²) in [6, 6.07) is 11.5. The highest BCUT2D eigenvalue weighted by atomic mass is 35.5. The van der Waals surface area contributed by atoms with Crippen molar-refractivity contribution < 1.29 is 13.2 Å². The minimum absolute atomic E-state index is 0.0886. The highest BCUT2D eigenvalue weighted by molar-refractivity contribution is 7.91. The highest BCUT2D eigenvalue weighted by Gasteiger charge is 2.26. The lowest BCUT2D eigenvalue weighted by Crippen LogP contribution is -2.06. The molecule has 3 rings (SSSR count). The van der Waals surface area contributed by atoms with E-state index < -0.39 is 9.84 Å².